The Morgan fingerprint density at radius 2 is 2.28 bits per heavy atom. The zero-order valence-electron chi connectivity index (χ0n) is 10.1. The summed E-state index contributed by atoms with van der Waals surface area (Å²) in [4.78, 5) is 15.4. The number of anilines is 2. The molecule has 2 heterocycles. The van der Waals surface area contributed by atoms with Crippen LogP contribution in [0.15, 0.2) is 17.5 Å². The quantitative estimate of drug-likeness (QED) is 0.613. The van der Waals surface area contributed by atoms with Crippen LogP contribution in [0.25, 0.3) is 0 Å². The number of hydrogen-bond donors (Lipinski definition) is 2. The van der Waals surface area contributed by atoms with Gasteiger partial charge in [0.15, 0.2) is 0 Å². The maximum Gasteiger partial charge on any atom is 0.322 e. The fourth-order valence-electron chi connectivity index (χ4n) is 1.38. The molecule has 0 radical (unpaired) electrons. The summed E-state index contributed by atoms with van der Waals surface area (Å²) in [5.41, 5.74) is 2.39. The van der Waals surface area contributed by atoms with E-state index in [1.54, 1.807) is 11.3 Å². The van der Waals surface area contributed by atoms with Crippen molar-refractivity contribution in [3.05, 3.63) is 22.4 Å². The highest BCUT2D eigenvalue weighted by molar-refractivity contribution is 7.09. The van der Waals surface area contributed by atoms with Crippen molar-refractivity contribution in [3.8, 4) is 6.01 Å². The Balaban J connectivity index is 2.20. The summed E-state index contributed by atoms with van der Waals surface area (Å²) in [7, 11) is 3.40. The van der Waals surface area contributed by atoms with Crippen LogP contribution >= 0.6 is 11.3 Å². The van der Waals surface area contributed by atoms with Crippen LogP contribution in [0.2, 0.25) is 0 Å². The molecule has 2 aromatic rings. The number of thiophene rings is 1. The highest BCUT2D eigenvalue weighted by atomic mass is 32.1. The van der Waals surface area contributed by atoms with Gasteiger partial charge in [0.25, 0.3) is 0 Å². The molecule has 0 saturated heterocycles. The Labute approximate surface area is 109 Å². The Morgan fingerprint density at radius 3 is 2.89 bits per heavy atom. The summed E-state index contributed by atoms with van der Waals surface area (Å²) in [6, 6.07) is 4.29. The Kier molecular flexibility index (Phi) is 3.90. The number of rotatable bonds is 5. The van der Waals surface area contributed by atoms with Crippen molar-refractivity contribution < 1.29 is 4.74 Å². The Hall–Kier alpha value is -1.93. The monoisotopic (exact) mass is 266 g/mol. The number of ether oxygens (including phenoxy) is 1. The minimum atomic E-state index is 0.228. The highest BCUT2D eigenvalue weighted by Crippen LogP contribution is 2.17. The Bertz CT molecular complexity index is 481. The number of nitrogen functional groups attached to an aromatic ring is 1. The molecule has 0 amide bonds. The third-order valence-corrected chi connectivity index (χ3v) is 3.09. The molecule has 0 saturated carbocycles. The van der Waals surface area contributed by atoms with Gasteiger partial charge in [0, 0.05) is 11.9 Å². The second-order valence-electron chi connectivity index (χ2n) is 3.53. The number of nitrogens with two attached hydrogens (primary N) is 1. The van der Waals surface area contributed by atoms with E-state index in [1.807, 2.05) is 23.4 Å². The van der Waals surface area contributed by atoms with Crippen molar-refractivity contribution in [1.29, 1.82) is 0 Å². The first kappa shape index (κ1) is 12.5. The largest absolute Gasteiger partial charge is 0.467 e. The van der Waals surface area contributed by atoms with Gasteiger partial charge in [-0.1, -0.05) is 6.07 Å². The molecule has 0 aromatic carbocycles. The van der Waals surface area contributed by atoms with E-state index in [-0.39, 0.29) is 12.0 Å². The molecular formula is C10H14N6OS. The van der Waals surface area contributed by atoms with E-state index in [0.717, 1.165) is 6.54 Å². The average Bonchev–Trinajstić information content (AvgIpc) is 2.90. The fourth-order valence-corrected chi connectivity index (χ4v) is 2.14. The molecule has 0 unspecified atom stereocenters. The molecular weight excluding hydrogens is 252 g/mol. The second-order valence-corrected chi connectivity index (χ2v) is 4.56. The molecule has 18 heavy (non-hydrogen) atoms. The summed E-state index contributed by atoms with van der Waals surface area (Å²) in [6.45, 7) is 0.717. The van der Waals surface area contributed by atoms with Gasteiger partial charge in [0.1, 0.15) is 0 Å². The smallest absolute Gasteiger partial charge is 0.322 e. The van der Waals surface area contributed by atoms with Gasteiger partial charge in [0.2, 0.25) is 11.9 Å². The first-order valence-corrected chi connectivity index (χ1v) is 6.11. The van der Waals surface area contributed by atoms with Crippen LogP contribution < -0.4 is 20.9 Å². The van der Waals surface area contributed by atoms with E-state index < -0.39 is 0 Å². The van der Waals surface area contributed by atoms with Gasteiger partial charge in [-0.15, -0.1) is 11.3 Å². The van der Waals surface area contributed by atoms with Gasteiger partial charge in [-0.05, 0) is 11.4 Å². The molecule has 96 valence electrons. The third kappa shape index (κ3) is 2.84. The van der Waals surface area contributed by atoms with Crippen LogP contribution in [0.5, 0.6) is 6.01 Å². The zero-order chi connectivity index (χ0) is 13.0. The average molecular weight is 266 g/mol. The summed E-state index contributed by atoms with van der Waals surface area (Å²) in [5.74, 6) is 6.08. The fraction of sp³-hybridized carbons (Fsp3) is 0.300. The molecule has 0 aliphatic heterocycles. The topological polar surface area (TPSA) is 89.2 Å². The molecule has 3 N–H and O–H groups in total. The van der Waals surface area contributed by atoms with Gasteiger partial charge >= 0.3 is 6.01 Å². The Morgan fingerprint density at radius 1 is 1.44 bits per heavy atom. The zero-order valence-corrected chi connectivity index (χ0v) is 10.9. The van der Waals surface area contributed by atoms with Crippen molar-refractivity contribution in [1.82, 2.24) is 15.0 Å². The predicted octanol–water partition coefficient (Wildman–Crippen LogP) is 0.864. The molecule has 2 aromatic heterocycles. The maximum atomic E-state index is 5.30. The first-order chi connectivity index (χ1) is 8.72. The molecule has 0 spiro atoms. The molecule has 7 nitrogen and oxygen atoms in total. The summed E-state index contributed by atoms with van der Waals surface area (Å²) < 4.78 is 5.00. The van der Waals surface area contributed by atoms with E-state index >= 15 is 0 Å². The minimum Gasteiger partial charge on any atom is -0.467 e. The lowest BCUT2D eigenvalue weighted by Crippen LogP contribution is -2.21. The van der Waals surface area contributed by atoms with Crippen molar-refractivity contribution in [3.63, 3.8) is 0 Å². The number of aromatic nitrogens is 3. The van der Waals surface area contributed by atoms with E-state index in [9.17, 15) is 0 Å². The van der Waals surface area contributed by atoms with Gasteiger partial charge in [-0.3, -0.25) is 5.43 Å². The lowest BCUT2D eigenvalue weighted by atomic mass is 10.4. The van der Waals surface area contributed by atoms with Crippen LogP contribution in [0.3, 0.4) is 0 Å². The van der Waals surface area contributed by atoms with Crippen molar-refractivity contribution >= 4 is 23.2 Å². The number of nitrogens with zero attached hydrogens (tertiary/aromatic N) is 4. The number of hydrogen-bond acceptors (Lipinski definition) is 8. The van der Waals surface area contributed by atoms with E-state index in [1.165, 1.54) is 12.0 Å². The maximum absolute atomic E-state index is 5.30. The number of hydrazine groups is 1. The summed E-state index contributed by atoms with van der Waals surface area (Å²) >= 11 is 1.68. The highest BCUT2D eigenvalue weighted by Gasteiger charge is 2.11. The van der Waals surface area contributed by atoms with Crippen molar-refractivity contribution in [2.45, 2.75) is 6.54 Å². The molecule has 0 bridgehead atoms. The van der Waals surface area contributed by atoms with E-state index in [0.29, 0.717) is 5.95 Å². The lowest BCUT2D eigenvalue weighted by Gasteiger charge is -2.16. The summed E-state index contributed by atoms with van der Waals surface area (Å²) in [6.07, 6.45) is 0. The van der Waals surface area contributed by atoms with E-state index in [2.05, 4.69) is 26.4 Å². The van der Waals surface area contributed by atoms with Crippen LogP contribution in [0.4, 0.5) is 11.9 Å². The standard InChI is InChI=1S/C10H14N6OS/c1-16(6-7-4-3-5-18-7)9-12-8(15-11)13-10(14-9)17-2/h3-5H,6,11H2,1-2H3,(H,12,13,14,15). The SMILES string of the molecule is COc1nc(NN)nc(N(C)Cc2cccs2)n1. The van der Waals surface area contributed by atoms with Crippen LogP contribution in [-0.4, -0.2) is 29.1 Å². The van der Waals surface area contributed by atoms with Crippen molar-refractivity contribution in [2.75, 3.05) is 24.5 Å². The molecule has 8 heteroatoms. The number of methoxy groups -OCH3 is 1. The molecule has 0 aliphatic carbocycles. The van der Waals surface area contributed by atoms with Crippen LogP contribution in [0.1, 0.15) is 4.88 Å². The molecule has 0 fully saturated rings. The van der Waals surface area contributed by atoms with Gasteiger partial charge < -0.3 is 9.64 Å². The minimum absolute atomic E-state index is 0.228. The van der Waals surface area contributed by atoms with E-state index in [4.69, 9.17) is 10.6 Å². The second kappa shape index (κ2) is 5.61. The van der Waals surface area contributed by atoms with Gasteiger partial charge in [-0.25, -0.2) is 5.84 Å². The number of nitrogens with one attached hydrogen (secondary N) is 1. The third-order valence-electron chi connectivity index (χ3n) is 2.23. The molecule has 0 aliphatic rings. The lowest BCUT2D eigenvalue weighted by molar-refractivity contribution is 0.379. The van der Waals surface area contributed by atoms with Crippen molar-refractivity contribution in [2.24, 2.45) is 5.84 Å². The predicted molar refractivity (Wildman–Crippen MR) is 70.6 cm³/mol. The normalized spacial score (nSPS) is 10.2. The molecule has 0 atom stereocenters. The van der Waals surface area contributed by atoms with Gasteiger partial charge in [-0.2, -0.15) is 15.0 Å². The van der Waals surface area contributed by atoms with Crippen LogP contribution in [-0.2, 0) is 6.54 Å². The molecule has 2 rings (SSSR count). The summed E-state index contributed by atoms with van der Waals surface area (Å²) in [5, 5.41) is 2.03. The first-order valence-electron chi connectivity index (χ1n) is 5.23. The van der Waals surface area contributed by atoms with Gasteiger partial charge in [0.05, 0.1) is 13.7 Å². The van der Waals surface area contributed by atoms with Crippen LogP contribution in [0, 0.1) is 0 Å².